The average Bonchev–Trinajstić information content (AvgIpc) is 3.33. The molecule has 70 heavy (non-hydrogen) atoms. The number of hydrogen-bond donors (Lipinski definition) is 11. The van der Waals surface area contributed by atoms with E-state index in [0.717, 1.165) is 51.9 Å². The third-order valence-electron chi connectivity index (χ3n) is 13.6. The Balaban J connectivity index is 2.04. The molecule has 0 spiro atoms. The van der Waals surface area contributed by atoms with Crippen molar-refractivity contribution in [1.82, 2.24) is 10.6 Å². The summed E-state index contributed by atoms with van der Waals surface area (Å²) in [6, 6.07) is -2.46. The number of aliphatic carboxylic acids is 1. The molecule has 0 aliphatic carbocycles. The largest absolute Gasteiger partial charge is 0.477 e. The fraction of sp³-hybridized carbons (Fsp3) is 0.904. The summed E-state index contributed by atoms with van der Waals surface area (Å²) in [6.07, 6.45) is 15.8. The first-order valence-electron chi connectivity index (χ1n) is 27.0. The molecule has 2 amide bonds. The number of rotatable bonds is 41. The fourth-order valence-electron chi connectivity index (χ4n) is 9.17. The van der Waals surface area contributed by atoms with Crippen LogP contribution in [0.5, 0.6) is 0 Å². The number of unbranched alkanes of at least 4 members (excludes halogenated alkanes) is 24. The molecule has 2 aliphatic rings. The SMILES string of the molecule is CCCCCCCCCCCC/C=C/[C@@H](O)[C@H](CO[C@@H]1O[C@H](CO[C@]2(C(=O)O)C[C@H](O)[C@@H](NC(C)=O)[C@H]([C@H](O)[C@H](O)CO)O2)[C@@H](O)[C@H](O)[C@H]1O)NC(=O)CCCCCCCCCCCCCCCCC. The number of allylic oxidation sites excluding steroid dienone is 1. The topological polar surface area (TPSA) is 294 Å². The van der Waals surface area contributed by atoms with Crippen molar-refractivity contribution in [3.63, 3.8) is 0 Å². The zero-order valence-electron chi connectivity index (χ0n) is 42.9. The number of ether oxygens (including phenoxy) is 4. The molecule has 2 saturated heterocycles. The summed E-state index contributed by atoms with van der Waals surface area (Å²) in [5.74, 6) is -5.57. The lowest BCUT2D eigenvalue weighted by molar-refractivity contribution is -0.339. The molecule has 2 fully saturated rings. The number of amides is 2. The van der Waals surface area contributed by atoms with Crippen molar-refractivity contribution < 1.29 is 79.3 Å². The highest BCUT2D eigenvalue weighted by Gasteiger charge is 2.57. The molecule has 0 aromatic heterocycles. The third kappa shape index (κ3) is 24.6. The van der Waals surface area contributed by atoms with Crippen LogP contribution in [0, 0.1) is 0 Å². The third-order valence-corrected chi connectivity index (χ3v) is 13.6. The molecule has 13 atom stereocenters. The van der Waals surface area contributed by atoms with Gasteiger partial charge in [-0.1, -0.05) is 174 Å². The minimum absolute atomic E-state index is 0.223. The molecule has 0 aromatic carbocycles. The average molecular weight is 1010 g/mol. The predicted octanol–water partition coefficient (Wildman–Crippen LogP) is 4.95. The number of carboxylic acids is 1. The number of carboxylic acid groups (broad SMARTS) is 1. The van der Waals surface area contributed by atoms with E-state index in [1.165, 1.54) is 116 Å². The van der Waals surface area contributed by atoms with Crippen LogP contribution in [0.4, 0.5) is 0 Å². The molecular formula is C52H96N2O16. The lowest BCUT2D eigenvalue weighted by atomic mass is 9.88. The molecule has 2 rings (SSSR count). The van der Waals surface area contributed by atoms with Crippen LogP contribution in [0.1, 0.15) is 201 Å². The summed E-state index contributed by atoms with van der Waals surface area (Å²) in [5.41, 5.74) is 0. The number of nitrogens with one attached hydrogen (secondary N) is 2. The molecule has 18 nitrogen and oxygen atoms in total. The van der Waals surface area contributed by atoms with Gasteiger partial charge in [0.1, 0.15) is 42.7 Å². The maximum atomic E-state index is 13.3. The van der Waals surface area contributed by atoms with Crippen LogP contribution in [0.15, 0.2) is 12.2 Å². The monoisotopic (exact) mass is 1000 g/mol. The number of aliphatic hydroxyl groups excluding tert-OH is 8. The van der Waals surface area contributed by atoms with E-state index in [2.05, 4.69) is 24.5 Å². The second kappa shape index (κ2) is 37.4. The lowest BCUT2D eigenvalue weighted by Gasteiger charge is -2.47. The zero-order valence-corrected chi connectivity index (χ0v) is 42.9. The molecule has 0 bridgehead atoms. The van der Waals surface area contributed by atoms with Crippen molar-refractivity contribution in [1.29, 1.82) is 0 Å². The first-order chi connectivity index (χ1) is 33.6. The van der Waals surface area contributed by atoms with Crippen LogP contribution in [0.3, 0.4) is 0 Å². The van der Waals surface area contributed by atoms with E-state index in [4.69, 9.17) is 18.9 Å². The molecule has 0 saturated carbocycles. The number of hydrogen-bond acceptors (Lipinski definition) is 15. The standard InChI is InChI=1S/C52H96N2O16/c1-4-6-8-10-12-14-16-18-19-20-22-24-26-28-30-32-43(60)54-38(39(57)31-29-27-25-23-21-17-15-13-11-9-7-5-2)35-67-50-48(64)47(63)46(62)42(69-50)36-68-52(51(65)66)33-40(58)44(53-37(3)56)49(70-52)45(61)41(59)34-55/h29,31,38-42,44-50,55,57-59,61-64H,4-28,30,32-36H2,1-3H3,(H,53,56)(H,54,60)(H,65,66)/b31-29+/t38-,39+,40-,41+,42+,44+,45+,46+,47-,48+,49+,50+,52+/m0/s1. The van der Waals surface area contributed by atoms with E-state index in [1.807, 2.05) is 6.08 Å². The molecular weight excluding hydrogens is 909 g/mol. The van der Waals surface area contributed by atoms with Crippen LogP contribution in [-0.2, 0) is 33.3 Å². The van der Waals surface area contributed by atoms with E-state index < -0.39 is 117 Å². The summed E-state index contributed by atoms with van der Waals surface area (Å²) in [4.78, 5) is 37.9. The van der Waals surface area contributed by atoms with E-state index in [9.17, 15) is 60.3 Å². The minimum Gasteiger partial charge on any atom is -0.477 e. The molecule has 18 heteroatoms. The maximum Gasteiger partial charge on any atom is 0.364 e. The van der Waals surface area contributed by atoms with Crippen LogP contribution in [-0.4, -0.2) is 163 Å². The van der Waals surface area contributed by atoms with E-state index in [0.29, 0.717) is 6.42 Å². The second-order valence-corrected chi connectivity index (χ2v) is 19.8. The molecule has 11 N–H and O–H groups in total. The smallest absolute Gasteiger partial charge is 0.364 e. The molecule has 0 radical (unpaired) electrons. The van der Waals surface area contributed by atoms with E-state index >= 15 is 0 Å². The van der Waals surface area contributed by atoms with Gasteiger partial charge in [0.25, 0.3) is 5.79 Å². The second-order valence-electron chi connectivity index (χ2n) is 19.8. The van der Waals surface area contributed by atoms with Crippen molar-refractivity contribution in [3.05, 3.63) is 12.2 Å². The highest BCUT2D eigenvalue weighted by molar-refractivity contribution is 5.77. The van der Waals surface area contributed by atoms with Gasteiger partial charge >= 0.3 is 5.97 Å². The lowest BCUT2D eigenvalue weighted by Crippen LogP contribution is -2.68. The predicted molar refractivity (Wildman–Crippen MR) is 264 cm³/mol. The Bertz CT molecular complexity index is 1410. The van der Waals surface area contributed by atoms with Crippen molar-refractivity contribution in [2.75, 3.05) is 19.8 Å². The summed E-state index contributed by atoms with van der Waals surface area (Å²) in [5, 5.41) is 101. The van der Waals surface area contributed by atoms with Crippen LogP contribution in [0.2, 0.25) is 0 Å². The molecule has 2 aliphatic heterocycles. The Labute approximate surface area is 418 Å². The summed E-state index contributed by atoms with van der Waals surface area (Å²) in [7, 11) is 0. The van der Waals surface area contributed by atoms with Gasteiger partial charge in [0.15, 0.2) is 6.29 Å². The van der Waals surface area contributed by atoms with Crippen LogP contribution >= 0.6 is 0 Å². The molecule has 410 valence electrons. The Morgan fingerprint density at radius 2 is 1.21 bits per heavy atom. The van der Waals surface area contributed by atoms with Gasteiger partial charge < -0.3 is 75.5 Å². The Kier molecular flexibility index (Phi) is 34.1. The summed E-state index contributed by atoms with van der Waals surface area (Å²) in [6.45, 7) is 3.31. The van der Waals surface area contributed by atoms with Crippen molar-refractivity contribution >= 4 is 17.8 Å². The first kappa shape index (κ1) is 63.8. The van der Waals surface area contributed by atoms with Crippen LogP contribution in [0.25, 0.3) is 0 Å². The van der Waals surface area contributed by atoms with Crippen molar-refractivity contribution in [3.8, 4) is 0 Å². The minimum atomic E-state index is -2.78. The van der Waals surface area contributed by atoms with Gasteiger partial charge in [0.05, 0.1) is 44.1 Å². The maximum absolute atomic E-state index is 13.3. The Hall–Kier alpha value is -2.33. The van der Waals surface area contributed by atoms with Gasteiger partial charge in [-0.25, -0.2) is 4.79 Å². The normalized spacial score (nSPS) is 26.7. The van der Waals surface area contributed by atoms with Gasteiger partial charge in [0, 0.05) is 19.8 Å². The van der Waals surface area contributed by atoms with Crippen molar-refractivity contribution in [2.24, 2.45) is 0 Å². The molecule has 0 aromatic rings. The number of carbonyl (C=O) groups excluding carboxylic acids is 2. The Morgan fingerprint density at radius 3 is 1.70 bits per heavy atom. The summed E-state index contributed by atoms with van der Waals surface area (Å²) >= 11 is 0. The summed E-state index contributed by atoms with van der Waals surface area (Å²) < 4.78 is 22.9. The van der Waals surface area contributed by atoms with Gasteiger partial charge in [0.2, 0.25) is 11.8 Å². The van der Waals surface area contributed by atoms with Gasteiger partial charge in [-0.15, -0.1) is 0 Å². The fourth-order valence-corrected chi connectivity index (χ4v) is 9.17. The van der Waals surface area contributed by atoms with Gasteiger partial charge in [-0.2, -0.15) is 0 Å². The van der Waals surface area contributed by atoms with Gasteiger partial charge in [-0.05, 0) is 19.3 Å². The quantitative estimate of drug-likeness (QED) is 0.0285. The van der Waals surface area contributed by atoms with E-state index in [1.54, 1.807) is 6.08 Å². The zero-order chi connectivity index (χ0) is 51.7. The Morgan fingerprint density at radius 1 is 0.714 bits per heavy atom. The first-order valence-corrected chi connectivity index (χ1v) is 27.0. The highest BCUT2D eigenvalue weighted by atomic mass is 16.7. The number of carbonyl (C=O) groups is 3. The molecule has 0 unspecified atom stereocenters. The van der Waals surface area contributed by atoms with E-state index in [-0.39, 0.29) is 12.3 Å². The highest BCUT2D eigenvalue weighted by Crippen LogP contribution is 2.35. The van der Waals surface area contributed by atoms with Gasteiger partial charge in [-0.3, -0.25) is 9.59 Å². The van der Waals surface area contributed by atoms with Crippen molar-refractivity contribution in [2.45, 2.75) is 280 Å². The van der Waals surface area contributed by atoms with Crippen LogP contribution < -0.4 is 10.6 Å². The number of aliphatic hydroxyl groups is 8. The molecule has 2 heterocycles.